The maximum absolute atomic E-state index is 10.5. The predicted octanol–water partition coefficient (Wildman–Crippen LogP) is 1.93. The van der Waals surface area contributed by atoms with Crippen LogP contribution in [0.15, 0.2) is 24.4 Å². The van der Waals surface area contributed by atoms with Crippen LogP contribution in [0.25, 0.3) is 5.57 Å². The lowest BCUT2D eigenvalue weighted by molar-refractivity contribution is -0.117. The van der Waals surface area contributed by atoms with Crippen LogP contribution in [-0.4, -0.2) is 29.4 Å². The van der Waals surface area contributed by atoms with Gasteiger partial charge in [0.1, 0.15) is 0 Å². The van der Waals surface area contributed by atoms with Gasteiger partial charge in [-0.3, -0.25) is 9.78 Å². The molecule has 2 rings (SSSR count). The highest BCUT2D eigenvalue weighted by Crippen LogP contribution is 2.20. The van der Waals surface area contributed by atoms with E-state index >= 15 is 0 Å². The van der Waals surface area contributed by atoms with E-state index in [-0.39, 0.29) is 0 Å². The summed E-state index contributed by atoms with van der Waals surface area (Å²) in [5, 5.41) is 0. The minimum Gasteiger partial charge on any atom is -0.341 e. The molecule has 4 heteroatoms. The van der Waals surface area contributed by atoms with Gasteiger partial charge < -0.3 is 4.90 Å². The lowest BCUT2D eigenvalue weighted by Gasteiger charge is -2.21. The summed E-state index contributed by atoms with van der Waals surface area (Å²) in [6, 6.07) is 4.08. The number of carbonyl (C=O) groups excluding carboxylic acids is 1. The van der Waals surface area contributed by atoms with Crippen LogP contribution < -0.4 is 0 Å². The van der Waals surface area contributed by atoms with E-state index in [1.54, 1.807) is 4.90 Å². The van der Waals surface area contributed by atoms with E-state index in [1.807, 2.05) is 12.3 Å². The van der Waals surface area contributed by atoms with Gasteiger partial charge in [-0.15, -0.1) is 0 Å². The second kappa shape index (κ2) is 4.74. The summed E-state index contributed by atoms with van der Waals surface area (Å²) >= 11 is 2.24. The first-order valence-corrected chi connectivity index (χ1v) is 5.88. The molecule has 0 aromatic carbocycles. The maximum Gasteiger partial charge on any atom is 0.209 e. The summed E-state index contributed by atoms with van der Waals surface area (Å²) < 4.78 is 1.14. The van der Waals surface area contributed by atoms with Crippen molar-refractivity contribution in [2.45, 2.75) is 6.42 Å². The van der Waals surface area contributed by atoms with Gasteiger partial charge in [0.2, 0.25) is 6.41 Å². The Kier molecular flexibility index (Phi) is 3.35. The van der Waals surface area contributed by atoms with E-state index < -0.39 is 0 Å². The summed E-state index contributed by atoms with van der Waals surface area (Å²) in [6.45, 7) is 1.50. The zero-order valence-corrected chi connectivity index (χ0v) is 10.3. The average molecular weight is 314 g/mol. The molecular weight excluding hydrogens is 303 g/mol. The van der Waals surface area contributed by atoms with Crippen molar-refractivity contribution in [3.8, 4) is 0 Å². The molecule has 0 spiro atoms. The molecular formula is C11H11IN2O. The maximum atomic E-state index is 10.5. The number of amides is 1. The van der Waals surface area contributed by atoms with Crippen LogP contribution in [0.3, 0.4) is 0 Å². The van der Waals surface area contributed by atoms with Crippen LogP contribution in [0.5, 0.6) is 0 Å². The van der Waals surface area contributed by atoms with E-state index in [0.717, 1.165) is 28.6 Å². The van der Waals surface area contributed by atoms with Gasteiger partial charge in [-0.25, -0.2) is 0 Å². The monoisotopic (exact) mass is 314 g/mol. The van der Waals surface area contributed by atoms with Crippen molar-refractivity contribution >= 4 is 34.6 Å². The van der Waals surface area contributed by atoms with Crippen molar-refractivity contribution in [1.29, 1.82) is 0 Å². The lowest BCUT2D eigenvalue weighted by Crippen LogP contribution is -2.26. The first-order valence-electron chi connectivity index (χ1n) is 4.80. The molecule has 0 saturated carbocycles. The summed E-state index contributed by atoms with van der Waals surface area (Å²) in [5.74, 6) is 0. The molecule has 78 valence electrons. The Morgan fingerprint density at radius 2 is 2.33 bits per heavy atom. The van der Waals surface area contributed by atoms with Crippen molar-refractivity contribution in [2.24, 2.45) is 0 Å². The number of hydrogen-bond donors (Lipinski definition) is 0. The van der Waals surface area contributed by atoms with E-state index in [9.17, 15) is 4.79 Å². The van der Waals surface area contributed by atoms with Gasteiger partial charge in [0.25, 0.3) is 0 Å². The van der Waals surface area contributed by atoms with Gasteiger partial charge in [-0.05, 0) is 46.7 Å². The molecule has 1 aromatic heterocycles. The number of aromatic nitrogens is 1. The van der Waals surface area contributed by atoms with Crippen molar-refractivity contribution in [3.63, 3.8) is 0 Å². The first-order chi connectivity index (χ1) is 7.29. The van der Waals surface area contributed by atoms with Crippen LogP contribution in [0.1, 0.15) is 12.1 Å². The van der Waals surface area contributed by atoms with Gasteiger partial charge in [0.15, 0.2) is 0 Å². The number of pyridine rings is 1. The fourth-order valence-electron chi connectivity index (χ4n) is 1.58. The normalized spacial score (nSPS) is 16.1. The lowest BCUT2D eigenvalue weighted by atomic mass is 10.0. The molecule has 15 heavy (non-hydrogen) atoms. The minimum absolute atomic E-state index is 0.701. The smallest absolute Gasteiger partial charge is 0.209 e. The summed E-state index contributed by atoms with van der Waals surface area (Å²) in [4.78, 5) is 16.7. The molecule has 1 amide bonds. The number of carbonyl (C=O) groups is 1. The van der Waals surface area contributed by atoms with Crippen molar-refractivity contribution in [3.05, 3.63) is 33.7 Å². The third-order valence-corrected chi connectivity index (χ3v) is 3.08. The third-order valence-electron chi connectivity index (χ3n) is 2.45. The Morgan fingerprint density at radius 3 is 2.87 bits per heavy atom. The second-order valence-corrected chi connectivity index (χ2v) is 4.69. The first kappa shape index (κ1) is 10.6. The average Bonchev–Trinajstić information content (AvgIpc) is 2.30. The van der Waals surface area contributed by atoms with Gasteiger partial charge >= 0.3 is 0 Å². The standard InChI is InChI=1S/C11H11IN2O/c12-10-1-2-11(13-7-10)9-3-5-14(8-15)6-4-9/h1-3,7-8H,4-6H2. The number of rotatable bonds is 2. The van der Waals surface area contributed by atoms with Crippen molar-refractivity contribution in [2.75, 3.05) is 13.1 Å². The molecule has 0 atom stereocenters. The van der Waals surface area contributed by atoms with Gasteiger partial charge in [0, 0.05) is 22.9 Å². The van der Waals surface area contributed by atoms with E-state index in [4.69, 9.17) is 0 Å². The largest absolute Gasteiger partial charge is 0.341 e. The molecule has 0 fully saturated rings. The van der Waals surface area contributed by atoms with Crippen LogP contribution in [0.4, 0.5) is 0 Å². The topological polar surface area (TPSA) is 33.2 Å². The Balaban J connectivity index is 2.15. The van der Waals surface area contributed by atoms with Crippen LogP contribution in [0, 0.1) is 3.57 Å². The minimum atomic E-state index is 0.701. The predicted molar refractivity (Wildman–Crippen MR) is 67.2 cm³/mol. The zero-order valence-electron chi connectivity index (χ0n) is 8.19. The van der Waals surface area contributed by atoms with Crippen LogP contribution >= 0.6 is 22.6 Å². The van der Waals surface area contributed by atoms with Crippen LogP contribution in [0.2, 0.25) is 0 Å². The number of hydrogen-bond acceptors (Lipinski definition) is 2. The van der Waals surface area contributed by atoms with Gasteiger partial charge in [-0.1, -0.05) is 6.08 Å². The third kappa shape index (κ3) is 2.56. The summed E-state index contributed by atoms with van der Waals surface area (Å²) in [7, 11) is 0. The molecule has 2 heterocycles. The van der Waals surface area contributed by atoms with Crippen LogP contribution in [-0.2, 0) is 4.79 Å². The molecule has 0 unspecified atom stereocenters. The second-order valence-electron chi connectivity index (χ2n) is 3.44. The Morgan fingerprint density at radius 1 is 1.47 bits per heavy atom. The Labute approximate surface area is 102 Å². The molecule has 0 aliphatic carbocycles. The van der Waals surface area contributed by atoms with Gasteiger partial charge in [0.05, 0.1) is 5.69 Å². The molecule has 0 radical (unpaired) electrons. The van der Waals surface area contributed by atoms with Crippen molar-refractivity contribution < 1.29 is 4.79 Å². The Hall–Kier alpha value is -0.910. The molecule has 0 saturated heterocycles. The highest BCUT2D eigenvalue weighted by molar-refractivity contribution is 14.1. The van der Waals surface area contributed by atoms with Crippen molar-refractivity contribution in [1.82, 2.24) is 9.88 Å². The quantitative estimate of drug-likeness (QED) is 0.617. The van der Waals surface area contributed by atoms with E-state index in [0.29, 0.717) is 6.54 Å². The highest BCUT2D eigenvalue weighted by Gasteiger charge is 2.11. The van der Waals surface area contributed by atoms with E-state index in [1.165, 1.54) is 5.57 Å². The molecule has 1 aromatic rings. The number of halogens is 1. The molecule has 3 nitrogen and oxygen atoms in total. The summed E-state index contributed by atoms with van der Waals surface area (Å²) in [5.41, 5.74) is 2.27. The Bertz CT molecular complexity index is 386. The molecule has 0 bridgehead atoms. The highest BCUT2D eigenvalue weighted by atomic mass is 127. The number of nitrogens with zero attached hydrogens (tertiary/aromatic N) is 2. The fraction of sp³-hybridized carbons (Fsp3) is 0.273. The molecule has 1 aliphatic rings. The van der Waals surface area contributed by atoms with E-state index in [2.05, 4.69) is 39.7 Å². The molecule has 0 N–H and O–H groups in total. The SMILES string of the molecule is O=CN1CC=C(c2ccc(I)cn2)CC1. The summed E-state index contributed by atoms with van der Waals surface area (Å²) in [6.07, 6.45) is 5.73. The van der Waals surface area contributed by atoms with Gasteiger partial charge in [-0.2, -0.15) is 0 Å². The molecule has 1 aliphatic heterocycles. The zero-order chi connectivity index (χ0) is 10.7. The fourth-order valence-corrected chi connectivity index (χ4v) is 1.90.